The number of halogens is 2. The number of aromatic nitrogens is 3. The molecule has 8 heteroatoms. The topological polar surface area (TPSA) is 73.0 Å². The molecule has 2 heterocycles. The molecule has 5 aromatic rings. The Kier molecular flexibility index (Phi) is 5.86. The fraction of sp³-hybridized carbons (Fsp3) is 0.115. The maximum atomic E-state index is 12.9. The molecule has 0 bridgehead atoms. The molecule has 34 heavy (non-hydrogen) atoms. The van der Waals surface area contributed by atoms with Crippen molar-refractivity contribution >= 4 is 45.8 Å². The number of hydrogen-bond donors (Lipinski definition) is 1. The number of anilines is 1. The van der Waals surface area contributed by atoms with Crippen LogP contribution in [0.15, 0.2) is 71.1 Å². The van der Waals surface area contributed by atoms with Crippen LogP contribution in [0.5, 0.6) is 0 Å². The number of nitrogens with one attached hydrogen (secondary N) is 1. The predicted molar refractivity (Wildman–Crippen MR) is 135 cm³/mol. The van der Waals surface area contributed by atoms with Crippen molar-refractivity contribution in [3.8, 4) is 17.0 Å². The van der Waals surface area contributed by atoms with E-state index in [1.54, 1.807) is 35.1 Å². The molecule has 6 nitrogen and oxygen atoms in total. The number of carbonyl (C=O) groups is 1. The Morgan fingerprint density at radius 3 is 2.47 bits per heavy atom. The molecule has 5 rings (SSSR count). The standard InChI is InChI=1S/C26H20Cl2N4O2/c1-3-16-7-9-17(10-8-16)32-30-21-13-15(2)20(14-22(21)31-32)29-26(33)24-12-11-23(34-24)18-5-4-6-19(27)25(18)28/h4-14H,3H2,1-2H3,(H,29,33). The molecule has 2 aromatic heterocycles. The van der Waals surface area contributed by atoms with Gasteiger partial charge in [0.25, 0.3) is 5.91 Å². The third kappa shape index (κ3) is 4.18. The third-order valence-electron chi connectivity index (χ3n) is 5.60. The Morgan fingerprint density at radius 1 is 1.00 bits per heavy atom. The Balaban J connectivity index is 1.40. The number of aryl methyl sites for hydroxylation is 2. The molecule has 0 saturated heterocycles. The molecule has 1 amide bonds. The van der Waals surface area contributed by atoms with Crippen LogP contribution in [0.2, 0.25) is 10.0 Å². The minimum atomic E-state index is -0.380. The lowest BCUT2D eigenvalue weighted by Crippen LogP contribution is -2.11. The van der Waals surface area contributed by atoms with Crippen molar-refractivity contribution in [1.82, 2.24) is 15.0 Å². The highest BCUT2D eigenvalue weighted by atomic mass is 35.5. The van der Waals surface area contributed by atoms with Crippen LogP contribution in [0.3, 0.4) is 0 Å². The van der Waals surface area contributed by atoms with Crippen LogP contribution in [0.1, 0.15) is 28.6 Å². The summed E-state index contributed by atoms with van der Waals surface area (Å²) in [6.07, 6.45) is 0.973. The number of hydrogen-bond acceptors (Lipinski definition) is 4. The first-order valence-electron chi connectivity index (χ1n) is 10.8. The molecule has 1 N–H and O–H groups in total. The van der Waals surface area contributed by atoms with Gasteiger partial charge in [-0.15, -0.1) is 10.2 Å². The summed E-state index contributed by atoms with van der Waals surface area (Å²) in [7, 11) is 0. The first-order chi connectivity index (χ1) is 16.4. The predicted octanol–water partition coefficient (Wildman–Crippen LogP) is 7.11. The van der Waals surface area contributed by atoms with E-state index < -0.39 is 0 Å². The highest BCUT2D eigenvalue weighted by Crippen LogP contribution is 2.34. The maximum absolute atomic E-state index is 12.9. The number of benzene rings is 3. The van der Waals surface area contributed by atoms with E-state index in [4.69, 9.17) is 27.6 Å². The van der Waals surface area contributed by atoms with Crippen molar-refractivity contribution in [2.75, 3.05) is 5.32 Å². The van der Waals surface area contributed by atoms with E-state index >= 15 is 0 Å². The van der Waals surface area contributed by atoms with Crippen LogP contribution in [0.4, 0.5) is 5.69 Å². The lowest BCUT2D eigenvalue weighted by Gasteiger charge is -2.07. The number of fused-ring (bicyclic) bond motifs is 1. The Bertz CT molecular complexity index is 1520. The smallest absolute Gasteiger partial charge is 0.291 e. The van der Waals surface area contributed by atoms with E-state index in [-0.39, 0.29) is 11.7 Å². The summed E-state index contributed by atoms with van der Waals surface area (Å²) in [6.45, 7) is 4.02. The quantitative estimate of drug-likeness (QED) is 0.284. The zero-order valence-electron chi connectivity index (χ0n) is 18.5. The van der Waals surface area contributed by atoms with E-state index in [9.17, 15) is 4.79 Å². The summed E-state index contributed by atoms with van der Waals surface area (Å²) in [4.78, 5) is 14.5. The molecular formula is C26H20Cl2N4O2. The summed E-state index contributed by atoms with van der Waals surface area (Å²) < 4.78 is 5.76. The van der Waals surface area contributed by atoms with E-state index in [1.165, 1.54) is 5.56 Å². The largest absolute Gasteiger partial charge is 0.451 e. The third-order valence-corrected chi connectivity index (χ3v) is 6.42. The van der Waals surface area contributed by atoms with Gasteiger partial charge in [-0.3, -0.25) is 4.79 Å². The SMILES string of the molecule is CCc1ccc(-n2nc3cc(C)c(NC(=O)c4ccc(-c5cccc(Cl)c5Cl)o4)cc3n2)cc1. The molecule has 0 aliphatic carbocycles. The number of amides is 1. The van der Waals surface area contributed by atoms with Crippen LogP contribution < -0.4 is 5.32 Å². The van der Waals surface area contributed by atoms with Gasteiger partial charge in [-0.05, 0) is 73.0 Å². The summed E-state index contributed by atoms with van der Waals surface area (Å²) in [6, 6.07) is 20.4. The van der Waals surface area contributed by atoms with E-state index in [0.29, 0.717) is 32.6 Å². The van der Waals surface area contributed by atoms with Gasteiger partial charge < -0.3 is 9.73 Å². The van der Waals surface area contributed by atoms with E-state index in [1.807, 2.05) is 31.2 Å². The average Bonchev–Trinajstić information content (AvgIpc) is 3.48. The van der Waals surface area contributed by atoms with Gasteiger partial charge in [0.2, 0.25) is 0 Å². The number of carbonyl (C=O) groups excluding carboxylic acids is 1. The first kappa shape index (κ1) is 22.2. The molecule has 0 fully saturated rings. The van der Waals surface area contributed by atoms with Crippen LogP contribution in [0.25, 0.3) is 28.0 Å². The van der Waals surface area contributed by atoms with E-state index in [2.05, 4.69) is 34.6 Å². The van der Waals surface area contributed by atoms with Crippen LogP contribution >= 0.6 is 23.2 Å². The highest BCUT2D eigenvalue weighted by molar-refractivity contribution is 6.43. The van der Waals surface area contributed by atoms with Gasteiger partial charge in [0.05, 0.1) is 15.7 Å². The lowest BCUT2D eigenvalue weighted by atomic mass is 10.1. The zero-order valence-corrected chi connectivity index (χ0v) is 20.0. The lowest BCUT2D eigenvalue weighted by molar-refractivity contribution is 0.0997. The zero-order chi connectivity index (χ0) is 23.8. The summed E-state index contributed by atoms with van der Waals surface area (Å²) >= 11 is 12.4. The van der Waals surface area contributed by atoms with Gasteiger partial charge in [-0.1, -0.05) is 48.3 Å². The van der Waals surface area contributed by atoms with E-state index in [0.717, 1.165) is 23.2 Å². The van der Waals surface area contributed by atoms with Gasteiger partial charge in [0, 0.05) is 11.3 Å². The normalized spacial score (nSPS) is 11.2. The number of furan rings is 1. The van der Waals surface area contributed by atoms with Gasteiger partial charge in [0.15, 0.2) is 5.76 Å². The molecule has 0 spiro atoms. The van der Waals surface area contributed by atoms with Gasteiger partial charge in [-0.2, -0.15) is 4.80 Å². The van der Waals surface area contributed by atoms with Crippen molar-refractivity contribution in [1.29, 1.82) is 0 Å². The van der Waals surface area contributed by atoms with Crippen molar-refractivity contribution < 1.29 is 9.21 Å². The minimum absolute atomic E-state index is 0.158. The second-order valence-electron chi connectivity index (χ2n) is 7.88. The highest BCUT2D eigenvalue weighted by Gasteiger charge is 2.17. The molecule has 170 valence electrons. The Morgan fingerprint density at radius 2 is 1.74 bits per heavy atom. The van der Waals surface area contributed by atoms with Crippen LogP contribution in [-0.4, -0.2) is 20.9 Å². The molecule has 0 aliphatic rings. The van der Waals surface area contributed by atoms with Gasteiger partial charge in [-0.25, -0.2) is 0 Å². The molecule has 0 saturated carbocycles. The molecule has 0 atom stereocenters. The van der Waals surface area contributed by atoms with Gasteiger partial charge in [0.1, 0.15) is 16.8 Å². The number of nitrogens with zero attached hydrogens (tertiary/aromatic N) is 3. The van der Waals surface area contributed by atoms with Crippen molar-refractivity contribution in [3.05, 3.63) is 93.7 Å². The van der Waals surface area contributed by atoms with Crippen molar-refractivity contribution in [2.24, 2.45) is 0 Å². The molecular weight excluding hydrogens is 471 g/mol. The van der Waals surface area contributed by atoms with Crippen molar-refractivity contribution in [3.63, 3.8) is 0 Å². The fourth-order valence-corrected chi connectivity index (χ4v) is 4.06. The summed E-state index contributed by atoms with van der Waals surface area (Å²) in [5.41, 5.74) is 5.65. The monoisotopic (exact) mass is 490 g/mol. The van der Waals surface area contributed by atoms with Crippen LogP contribution in [-0.2, 0) is 6.42 Å². The molecule has 0 radical (unpaired) electrons. The Hall–Kier alpha value is -3.61. The van der Waals surface area contributed by atoms with Crippen LogP contribution in [0, 0.1) is 6.92 Å². The second-order valence-corrected chi connectivity index (χ2v) is 8.67. The second kappa shape index (κ2) is 8.97. The summed E-state index contributed by atoms with van der Waals surface area (Å²) in [5.74, 6) is 0.237. The van der Waals surface area contributed by atoms with Gasteiger partial charge >= 0.3 is 0 Å². The molecule has 0 aliphatic heterocycles. The molecule has 3 aromatic carbocycles. The fourth-order valence-electron chi connectivity index (χ4n) is 3.67. The van der Waals surface area contributed by atoms with Crippen molar-refractivity contribution in [2.45, 2.75) is 20.3 Å². The summed E-state index contributed by atoms with van der Waals surface area (Å²) in [5, 5.41) is 12.9. The Labute approximate surface area is 206 Å². The first-order valence-corrected chi connectivity index (χ1v) is 11.5. The minimum Gasteiger partial charge on any atom is -0.451 e. The molecule has 0 unspecified atom stereocenters. The average molecular weight is 491 g/mol. The maximum Gasteiger partial charge on any atom is 0.291 e. The number of rotatable bonds is 5.